The number of methoxy groups -OCH3 is 1. The van der Waals surface area contributed by atoms with Crippen molar-refractivity contribution in [3.05, 3.63) is 58.3 Å². The van der Waals surface area contributed by atoms with Gasteiger partial charge in [-0.05, 0) is 24.3 Å². The molecule has 20 heavy (non-hydrogen) atoms. The highest BCUT2D eigenvalue weighted by atomic mass is 79.9. The molecule has 106 valence electrons. The number of hydrogen-bond acceptors (Lipinski definition) is 3. The van der Waals surface area contributed by atoms with Crippen LogP contribution in [-0.2, 0) is 0 Å². The summed E-state index contributed by atoms with van der Waals surface area (Å²) in [7, 11) is 1.57. The molecular formula is C15H15BrFNO2. The Morgan fingerprint density at radius 1 is 1.30 bits per heavy atom. The van der Waals surface area contributed by atoms with E-state index >= 15 is 0 Å². The van der Waals surface area contributed by atoms with Crippen molar-refractivity contribution in [1.82, 2.24) is 0 Å². The molecule has 0 bridgehead atoms. The van der Waals surface area contributed by atoms with Crippen molar-refractivity contribution >= 4 is 21.6 Å². The Balaban J connectivity index is 2.09. The summed E-state index contributed by atoms with van der Waals surface area (Å²) in [5, 5.41) is 13.1. The van der Waals surface area contributed by atoms with Crippen LogP contribution in [0.5, 0.6) is 5.75 Å². The maximum absolute atomic E-state index is 13.6. The lowest BCUT2D eigenvalue weighted by molar-refractivity contribution is 0.186. The summed E-state index contributed by atoms with van der Waals surface area (Å²) in [4.78, 5) is 0. The van der Waals surface area contributed by atoms with Crippen LogP contribution in [0, 0.1) is 5.82 Å². The van der Waals surface area contributed by atoms with Gasteiger partial charge >= 0.3 is 0 Å². The fourth-order valence-electron chi connectivity index (χ4n) is 1.88. The third-order valence-corrected chi connectivity index (χ3v) is 3.40. The smallest absolute Gasteiger partial charge is 0.142 e. The molecule has 1 unspecified atom stereocenters. The van der Waals surface area contributed by atoms with Crippen LogP contribution in [0.25, 0.3) is 0 Å². The second-order valence-corrected chi connectivity index (χ2v) is 5.18. The van der Waals surface area contributed by atoms with Crippen LogP contribution in [0.15, 0.2) is 46.9 Å². The molecule has 0 aliphatic carbocycles. The predicted molar refractivity (Wildman–Crippen MR) is 80.5 cm³/mol. The Bertz CT molecular complexity index is 592. The minimum atomic E-state index is -0.931. The number of aliphatic hydroxyl groups excluding tert-OH is 1. The average Bonchev–Trinajstić information content (AvgIpc) is 2.45. The van der Waals surface area contributed by atoms with Crippen molar-refractivity contribution < 1.29 is 14.2 Å². The molecule has 0 saturated heterocycles. The predicted octanol–water partition coefficient (Wildman–Crippen LogP) is 3.74. The Kier molecular flexibility index (Phi) is 4.98. The van der Waals surface area contributed by atoms with Gasteiger partial charge in [0.15, 0.2) is 0 Å². The number of benzene rings is 2. The molecule has 0 saturated carbocycles. The molecule has 0 spiro atoms. The van der Waals surface area contributed by atoms with Gasteiger partial charge in [-0.3, -0.25) is 0 Å². The third kappa shape index (κ3) is 3.49. The van der Waals surface area contributed by atoms with E-state index < -0.39 is 11.9 Å². The number of ether oxygens (including phenoxy) is 1. The van der Waals surface area contributed by atoms with Gasteiger partial charge in [-0.2, -0.15) is 0 Å². The van der Waals surface area contributed by atoms with Crippen LogP contribution in [-0.4, -0.2) is 18.8 Å². The molecule has 2 aromatic rings. The number of aliphatic hydroxyl groups is 1. The summed E-state index contributed by atoms with van der Waals surface area (Å²) in [5.41, 5.74) is 1.01. The summed E-state index contributed by atoms with van der Waals surface area (Å²) < 4.78 is 19.7. The molecule has 0 amide bonds. The van der Waals surface area contributed by atoms with Gasteiger partial charge in [-0.1, -0.05) is 34.1 Å². The first-order valence-electron chi connectivity index (χ1n) is 6.11. The monoisotopic (exact) mass is 339 g/mol. The van der Waals surface area contributed by atoms with Gasteiger partial charge in [0, 0.05) is 16.6 Å². The Morgan fingerprint density at radius 3 is 2.75 bits per heavy atom. The van der Waals surface area contributed by atoms with E-state index in [0.717, 1.165) is 10.2 Å². The molecule has 2 N–H and O–H groups in total. The molecule has 0 aliphatic rings. The average molecular weight is 340 g/mol. The highest BCUT2D eigenvalue weighted by Gasteiger charge is 2.13. The lowest BCUT2D eigenvalue weighted by atomic mass is 10.1. The number of rotatable bonds is 5. The minimum absolute atomic E-state index is 0.188. The highest BCUT2D eigenvalue weighted by Crippen LogP contribution is 2.28. The maximum atomic E-state index is 13.6. The van der Waals surface area contributed by atoms with Gasteiger partial charge in [0.2, 0.25) is 0 Å². The topological polar surface area (TPSA) is 41.5 Å². The van der Waals surface area contributed by atoms with E-state index in [1.54, 1.807) is 25.3 Å². The highest BCUT2D eigenvalue weighted by molar-refractivity contribution is 9.10. The Morgan fingerprint density at radius 2 is 2.05 bits per heavy atom. The zero-order valence-corrected chi connectivity index (χ0v) is 12.5. The molecule has 2 aromatic carbocycles. The second kappa shape index (κ2) is 6.72. The Labute approximate surface area is 125 Å². The van der Waals surface area contributed by atoms with Crippen molar-refractivity contribution in [2.75, 3.05) is 19.0 Å². The van der Waals surface area contributed by atoms with Crippen LogP contribution in [0.2, 0.25) is 0 Å². The van der Waals surface area contributed by atoms with Crippen molar-refractivity contribution in [3.8, 4) is 5.75 Å². The summed E-state index contributed by atoms with van der Waals surface area (Å²) in [6, 6.07) is 11.7. The van der Waals surface area contributed by atoms with E-state index in [4.69, 9.17) is 4.74 Å². The lowest BCUT2D eigenvalue weighted by Gasteiger charge is -2.16. The van der Waals surface area contributed by atoms with Gasteiger partial charge in [0.25, 0.3) is 0 Å². The lowest BCUT2D eigenvalue weighted by Crippen LogP contribution is -2.14. The van der Waals surface area contributed by atoms with Gasteiger partial charge in [0.1, 0.15) is 11.6 Å². The number of hydrogen-bond donors (Lipinski definition) is 2. The van der Waals surface area contributed by atoms with Crippen LogP contribution < -0.4 is 10.1 Å². The van der Waals surface area contributed by atoms with E-state index in [-0.39, 0.29) is 12.1 Å². The first kappa shape index (κ1) is 14.8. The van der Waals surface area contributed by atoms with Crippen LogP contribution in [0.4, 0.5) is 10.1 Å². The van der Waals surface area contributed by atoms with Gasteiger partial charge in [-0.15, -0.1) is 0 Å². The largest absolute Gasteiger partial charge is 0.495 e. The summed E-state index contributed by atoms with van der Waals surface area (Å²) in [5.74, 6) is 0.247. The van der Waals surface area contributed by atoms with E-state index in [9.17, 15) is 9.50 Å². The van der Waals surface area contributed by atoms with E-state index in [0.29, 0.717) is 5.75 Å². The fraction of sp³-hybridized carbons (Fsp3) is 0.200. The van der Waals surface area contributed by atoms with Gasteiger partial charge in [0.05, 0.1) is 18.9 Å². The second-order valence-electron chi connectivity index (χ2n) is 4.26. The molecule has 0 radical (unpaired) electrons. The van der Waals surface area contributed by atoms with Crippen LogP contribution in [0.1, 0.15) is 11.7 Å². The first-order valence-corrected chi connectivity index (χ1v) is 6.91. The number of anilines is 1. The van der Waals surface area contributed by atoms with E-state index in [1.165, 1.54) is 6.07 Å². The summed E-state index contributed by atoms with van der Waals surface area (Å²) in [6.45, 7) is 0.188. The molecule has 0 aliphatic heterocycles. The minimum Gasteiger partial charge on any atom is -0.495 e. The van der Waals surface area contributed by atoms with Crippen molar-refractivity contribution in [2.45, 2.75) is 6.10 Å². The van der Waals surface area contributed by atoms with Gasteiger partial charge < -0.3 is 15.2 Å². The van der Waals surface area contributed by atoms with Crippen LogP contribution >= 0.6 is 15.9 Å². The molecule has 2 rings (SSSR count). The van der Waals surface area contributed by atoms with Crippen molar-refractivity contribution in [1.29, 1.82) is 0 Å². The molecule has 3 nitrogen and oxygen atoms in total. The molecule has 0 aromatic heterocycles. The SMILES string of the molecule is COc1ccc(Br)cc1NCC(O)c1ccccc1F. The van der Waals surface area contributed by atoms with Crippen molar-refractivity contribution in [3.63, 3.8) is 0 Å². The van der Waals surface area contributed by atoms with E-state index in [1.807, 2.05) is 18.2 Å². The standard InChI is InChI=1S/C15H15BrFNO2/c1-20-15-7-6-10(16)8-13(15)18-9-14(19)11-4-2-3-5-12(11)17/h2-8,14,18-19H,9H2,1H3. The van der Waals surface area contributed by atoms with Crippen LogP contribution in [0.3, 0.4) is 0 Å². The van der Waals surface area contributed by atoms with E-state index in [2.05, 4.69) is 21.2 Å². The molecular weight excluding hydrogens is 325 g/mol. The molecule has 5 heteroatoms. The summed E-state index contributed by atoms with van der Waals surface area (Å²) in [6.07, 6.45) is -0.931. The molecule has 0 heterocycles. The fourth-order valence-corrected chi connectivity index (χ4v) is 2.24. The maximum Gasteiger partial charge on any atom is 0.142 e. The Hall–Kier alpha value is -1.59. The number of halogens is 2. The van der Waals surface area contributed by atoms with Gasteiger partial charge in [-0.25, -0.2) is 4.39 Å². The zero-order chi connectivity index (χ0) is 14.5. The third-order valence-electron chi connectivity index (χ3n) is 2.91. The normalized spacial score (nSPS) is 12.0. The quantitative estimate of drug-likeness (QED) is 0.871. The zero-order valence-electron chi connectivity index (χ0n) is 10.9. The summed E-state index contributed by atoms with van der Waals surface area (Å²) >= 11 is 3.37. The van der Waals surface area contributed by atoms with Crippen molar-refractivity contribution in [2.24, 2.45) is 0 Å². The first-order chi connectivity index (χ1) is 9.61. The molecule has 0 fully saturated rings. The number of nitrogens with one attached hydrogen (secondary N) is 1. The molecule has 1 atom stereocenters.